The van der Waals surface area contributed by atoms with Crippen LogP contribution in [0.15, 0.2) is 0 Å². The van der Waals surface area contributed by atoms with Crippen LogP contribution in [0.25, 0.3) is 0 Å². The number of hydrogen-bond acceptors (Lipinski definition) is 4. The standard InChI is InChI=1S/Li.Mn.Ni.4O.W/q+1;;+2;;;2*-1;. The van der Waals surface area contributed by atoms with Crippen molar-refractivity contribution in [2.45, 2.75) is 0 Å². The van der Waals surface area contributed by atoms with Gasteiger partial charge in [0.1, 0.15) is 0 Å². The minimum atomic E-state index is -5.62. The van der Waals surface area contributed by atoms with E-state index in [4.69, 9.17) is 16.0 Å². The third kappa shape index (κ3) is 110. The fourth-order valence-electron chi connectivity index (χ4n) is 0. The average molecular weight is 368 g/mol. The van der Waals surface area contributed by atoms with Gasteiger partial charge in [0.05, 0.1) is 0 Å². The van der Waals surface area contributed by atoms with Crippen LogP contribution in [0.2, 0.25) is 0 Å². The molecule has 47 valence electrons. The molecule has 0 N–H and O–H groups in total. The first-order valence-electron chi connectivity index (χ1n) is 0.617. The SMILES string of the molecule is [Li+].[Ni+2].[O]=[Mn](=[O])([O-])[O-].[W]. The quantitative estimate of drug-likeness (QED) is 0.400. The second-order valence-electron chi connectivity index (χ2n) is 0.378. The Labute approximate surface area is 85.1 Å². The summed E-state index contributed by atoms with van der Waals surface area (Å²) in [5.74, 6) is 0. The maximum absolute atomic E-state index is 8.58. The van der Waals surface area contributed by atoms with Crippen LogP contribution in [0, 0.1) is 0 Å². The van der Waals surface area contributed by atoms with Gasteiger partial charge in [-0.2, -0.15) is 0 Å². The molecule has 0 aromatic carbocycles. The van der Waals surface area contributed by atoms with Crippen LogP contribution in [0.5, 0.6) is 0 Å². The largest absolute Gasteiger partial charge is 0 e. The van der Waals surface area contributed by atoms with Gasteiger partial charge in [0.15, 0.2) is 0 Å². The van der Waals surface area contributed by atoms with Gasteiger partial charge in [-0.15, -0.1) is 0 Å². The molecule has 0 saturated heterocycles. The fraction of sp³-hybridized carbons (Fsp3) is 0. The molecular weight excluding hydrogens is 368 g/mol. The van der Waals surface area contributed by atoms with E-state index in [9.17, 15) is 0 Å². The summed E-state index contributed by atoms with van der Waals surface area (Å²) < 4.78 is 34.3. The van der Waals surface area contributed by atoms with E-state index in [2.05, 4.69) is 0 Å². The molecule has 4 nitrogen and oxygen atoms in total. The van der Waals surface area contributed by atoms with Crippen LogP contribution >= 0.6 is 0 Å². The van der Waals surface area contributed by atoms with Crippen molar-refractivity contribution in [1.29, 1.82) is 0 Å². The maximum Gasteiger partial charge on any atom is 0 e. The zero-order valence-electron chi connectivity index (χ0n) is 3.74. The Kier molecular flexibility index (Phi) is 24.9. The second-order valence-corrected chi connectivity index (χ2v) is 1.56. The van der Waals surface area contributed by atoms with E-state index in [0.29, 0.717) is 0 Å². The molecule has 0 aliphatic heterocycles. The van der Waals surface area contributed by atoms with Gasteiger partial charge < -0.3 is 0 Å². The van der Waals surface area contributed by atoms with Crippen molar-refractivity contribution in [3.05, 3.63) is 0 Å². The second kappa shape index (κ2) is 8.82. The predicted molar refractivity (Wildman–Crippen MR) is 1.37 cm³/mol. The molecule has 0 fully saturated rings. The molecule has 0 unspecified atom stereocenters. The Hall–Kier alpha value is 1.82. The topological polar surface area (TPSA) is 80.3 Å². The van der Waals surface area contributed by atoms with Crippen LogP contribution in [0.1, 0.15) is 0 Å². The monoisotopic (exact) mass is 368 g/mol. The minimum Gasteiger partial charge on any atom is 0 e. The van der Waals surface area contributed by atoms with E-state index >= 15 is 0 Å². The molecule has 0 spiro atoms. The van der Waals surface area contributed by atoms with Crippen molar-refractivity contribution < 1.29 is 85.8 Å². The van der Waals surface area contributed by atoms with Gasteiger partial charge in [0, 0.05) is 21.1 Å². The Morgan fingerprint density at radius 3 is 1.12 bits per heavy atom. The van der Waals surface area contributed by atoms with Crippen LogP contribution in [-0.4, -0.2) is 0 Å². The third-order valence-corrected chi connectivity index (χ3v) is 0. The molecule has 8 heteroatoms. The smallest absolute Gasteiger partial charge is 0 e. The summed E-state index contributed by atoms with van der Waals surface area (Å²) in [6.07, 6.45) is 0. The fourth-order valence-corrected chi connectivity index (χ4v) is 0. The van der Waals surface area contributed by atoms with E-state index in [-0.39, 0.29) is 56.4 Å². The number of hydrogen-bond donors (Lipinski definition) is 0. The predicted octanol–water partition coefficient (Wildman–Crippen LogP) is -5.62. The maximum atomic E-state index is 8.58. The third-order valence-electron chi connectivity index (χ3n) is 0. The van der Waals surface area contributed by atoms with Crippen molar-refractivity contribution in [2.75, 3.05) is 0 Å². The van der Waals surface area contributed by atoms with E-state index in [1.165, 1.54) is 0 Å². The van der Waals surface area contributed by atoms with Crippen molar-refractivity contribution >= 4 is 0 Å². The first kappa shape index (κ1) is 22.6. The summed E-state index contributed by atoms with van der Waals surface area (Å²) >= 11 is -5.62. The molecule has 0 saturated carbocycles. The molecule has 0 rings (SSSR count). The summed E-state index contributed by atoms with van der Waals surface area (Å²) in [4.78, 5) is 0. The molecule has 0 atom stereocenters. The van der Waals surface area contributed by atoms with Crippen molar-refractivity contribution in [3.63, 3.8) is 0 Å². The Morgan fingerprint density at radius 2 is 1.12 bits per heavy atom. The molecule has 0 aromatic heterocycles. The normalized spacial score (nSPS) is 7.25. The van der Waals surface area contributed by atoms with Crippen LogP contribution in [-0.2, 0) is 58.6 Å². The Bertz CT molecular complexity index is 99.2. The minimum absolute atomic E-state index is 0. The Balaban J connectivity index is -0.0000000267. The molecule has 0 heterocycles. The number of rotatable bonds is 0. The molecule has 8 heavy (non-hydrogen) atoms. The van der Waals surface area contributed by atoms with Crippen molar-refractivity contribution in [1.82, 2.24) is 0 Å². The molecule has 0 bridgehead atoms. The Morgan fingerprint density at radius 1 is 1.12 bits per heavy atom. The van der Waals surface area contributed by atoms with Crippen molar-refractivity contribution in [2.24, 2.45) is 0 Å². The summed E-state index contributed by atoms with van der Waals surface area (Å²) in [7, 11) is 0. The summed E-state index contributed by atoms with van der Waals surface area (Å²) in [5, 5.41) is 0. The zero-order valence-corrected chi connectivity index (χ0v) is 8.84. The van der Waals surface area contributed by atoms with Gasteiger partial charge in [-0.25, -0.2) is 0 Å². The summed E-state index contributed by atoms with van der Waals surface area (Å²) in [6.45, 7) is 0. The van der Waals surface area contributed by atoms with Gasteiger partial charge in [0.25, 0.3) is 0 Å². The molecular formula is LiMnNiO4W+. The van der Waals surface area contributed by atoms with Gasteiger partial charge >= 0.3 is 64.8 Å². The van der Waals surface area contributed by atoms with E-state index in [1.807, 2.05) is 0 Å². The van der Waals surface area contributed by atoms with Gasteiger partial charge in [-0.05, 0) is 0 Å². The molecule has 0 radical (unpaired) electrons. The van der Waals surface area contributed by atoms with Gasteiger partial charge in [-0.1, -0.05) is 0 Å². The molecule has 0 aliphatic rings. The van der Waals surface area contributed by atoms with Gasteiger partial charge in [-0.3, -0.25) is 0 Å². The first-order chi connectivity index (χ1) is 2.00. The van der Waals surface area contributed by atoms with E-state index in [0.717, 1.165) is 0 Å². The van der Waals surface area contributed by atoms with E-state index < -0.39 is 13.4 Å². The van der Waals surface area contributed by atoms with Crippen LogP contribution in [0.4, 0.5) is 0 Å². The van der Waals surface area contributed by atoms with E-state index in [1.54, 1.807) is 0 Å². The van der Waals surface area contributed by atoms with Crippen LogP contribution < -0.4 is 27.2 Å². The molecule has 0 aromatic rings. The molecule has 0 aliphatic carbocycles. The van der Waals surface area contributed by atoms with Gasteiger partial charge in [0.2, 0.25) is 0 Å². The summed E-state index contributed by atoms with van der Waals surface area (Å²) in [5.41, 5.74) is 0. The van der Waals surface area contributed by atoms with Crippen LogP contribution in [0.3, 0.4) is 0 Å². The first-order valence-corrected chi connectivity index (χ1v) is 2.54. The summed E-state index contributed by atoms with van der Waals surface area (Å²) in [6, 6.07) is 0. The average Bonchev–Trinajstić information content (AvgIpc) is 0.722. The molecule has 0 amide bonds. The zero-order chi connectivity index (χ0) is 4.50. The van der Waals surface area contributed by atoms with Crippen molar-refractivity contribution in [3.8, 4) is 0 Å².